The molecule has 0 heterocycles. The minimum Gasteiger partial charge on any atom is -0.396 e. The molecule has 88 valence electrons. The number of benzene rings is 1. The largest absolute Gasteiger partial charge is 0.396 e. The molecule has 0 bridgehead atoms. The second kappa shape index (κ2) is 5.25. The Balaban J connectivity index is 2.12. The molecular formula is C12H15BrFNO. The molecule has 1 unspecified atom stereocenters. The first-order valence-electron chi connectivity index (χ1n) is 5.54. The topological polar surface area (TPSA) is 32.3 Å². The first-order chi connectivity index (χ1) is 7.72. The van der Waals surface area contributed by atoms with E-state index >= 15 is 0 Å². The Hall–Kier alpha value is -0.450. The molecule has 1 atom stereocenters. The van der Waals surface area contributed by atoms with Crippen LogP contribution in [0.1, 0.15) is 30.0 Å². The molecule has 0 spiro atoms. The third-order valence-electron chi connectivity index (χ3n) is 2.98. The predicted molar refractivity (Wildman–Crippen MR) is 64.9 cm³/mol. The third kappa shape index (κ3) is 2.44. The van der Waals surface area contributed by atoms with Gasteiger partial charge in [-0.2, -0.15) is 0 Å². The standard InChI is InChI=1S/C12H15BrFNO/c13-8-6-10-9(11(14)7-8)2-3-12(10)15-4-1-5-16/h6-7,12,15-16H,1-5H2. The second-order valence-corrected chi connectivity index (χ2v) is 4.99. The fourth-order valence-electron chi connectivity index (χ4n) is 2.21. The van der Waals surface area contributed by atoms with Crippen LogP contribution in [0, 0.1) is 5.82 Å². The van der Waals surface area contributed by atoms with Crippen LogP contribution in [-0.2, 0) is 6.42 Å². The van der Waals surface area contributed by atoms with E-state index in [1.807, 2.05) is 6.07 Å². The molecule has 0 fully saturated rings. The number of aliphatic hydroxyl groups excluding tert-OH is 1. The number of aliphatic hydroxyl groups is 1. The first-order valence-corrected chi connectivity index (χ1v) is 6.33. The van der Waals surface area contributed by atoms with E-state index in [9.17, 15) is 4.39 Å². The maximum atomic E-state index is 13.6. The van der Waals surface area contributed by atoms with Gasteiger partial charge in [-0.05, 0) is 49.1 Å². The maximum Gasteiger partial charge on any atom is 0.127 e. The van der Waals surface area contributed by atoms with Crippen LogP contribution in [0.2, 0.25) is 0 Å². The summed E-state index contributed by atoms with van der Waals surface area (Å²) >= 11 is 3.32. The van der Waals surface area contributed by atoms with Crippen LogP contribution >= 0.6 is 15.9 Å². The smallest absolute Gasteiger partial charge is 0.127 e. The number of fused-ring (bicyclic) bond motifs is 1. The monoisotopic (exact) mass is 287 g/mol. The Labute approximate surface area is 103 Å². The molecule has 4 heteroatoms. The zero-order valence-electron chi connectivity index (χ0n) is 8.97. The first kappa shape index (κ1) is 12.0. The molecule has 2 rings (SSSR count). The Morgan fingerprint density at radius 3 is 3.06 bits per heavy atom. The van der Waals surface area contributed by atoms with Gasteiger partial charge in [-0.15, -0.1) is 0 Å². The van der Waals surface area contributed by atoms with E-state index in [0.717, 1.165) is 41.4 Å². The minimum atomic E-state index is -0.115. The van der Waals surface area contributed by atoms with Gasteiger partial charge in [0.05, 0.1) is 0 Å². The number of hydrogen-bond acceptors (Lipinski definition) is 2. The van der Waals surface area contributed by atoms with E-state index in [4.69, 9.17) is 5.11 Å². The van der Waals surface area contributed by atoms with Crippen molar-refractivity contribution in [2.45, 2.75) is 25.3 Å². The number of rotatable bonds is 4. The summed E-state index contributed by atoms with van der Waals surface area (Å²) in [4.78, 5) is 0. The lowest BCUT2D eigenvalue weighted by molar-refractivity contribution is 0.283. The van der Waals surface area contributed by atoms with Crippen molar-refractivity contribution in [3.8, 4) is 0 Å². The summed E-state index contributed by atoms with van der Waals surface area (Å²) in [5.41, 5.74) is 1.90. The van der Waals surface area contributed by atoms with Crippen LogP contribution in [0.5, 0.6) is 0 Å². The molecule has 1 aliphatic rings. The lowest BCUT2D eigenvalue weighted by Gasteiger charge is -2.14. The van der Waals surface area contributed by atoms with Gasteiger partial charge in [-0.25, -0.2) is 4.39 Å². The van der Waals surface area contributed by atoms with Crippen LogP contribution in [-0.4, -0.2) is 18.3 Å². The van der Waals surface area contributed by atoms with E-state index in [1.54, 1.807) is 0 Å². The molecule has 0 amide bonds. The van der Waals surface area contributed by atoms with Gasteiger partial charge in [-0.1, -0.05) is 15.9 Å². The van der Waals surface area contributed by atoms with E-state index in [0.29, 0.717) is 0 Å². The Bertz CT molecular complexity index is 384. The Morgan fingerprint density at radius 2 is 2.31 bits per heavy atom. The van der Waals surface area contributed by atoms with Gasteiger partial charge in [0.25, 0.3) is 0 Å². The molecule has 0 saturated carbocycles. The fraction of sp³-hybridized carbons (Fsp3) is 0.500. The van der Waals surface area contributed by atoms with Crippen LogP contribution in [0.25, 0.3) is 0 Å². The van der Waals surface area contributed by atoms with Crippen molar-refractivity contribution in [3.05, 3.63) is 33.5 Å². The molecule has 1 aromatic rings. The van der Waals surface area contributed by atoms with Gasteiger partial charge < -0.3 is 10.4 Å². The van der Waals surface area contributed by atoms with Crippen LogP contribution < -0.4 is 5.32 Å². The van der Waals surface area contributed by atoms with Gasteiger partial charge in [0.1, 0.15) is 5.82 Å². The van der Waals surface area contributed by atoms with E-state index < -0.39 is 0 Å². The summed E-state index contributed by atoms with van der Waals surface area (Å²) < 4.78 is 14.4. The average molecular weight is 288 g/mol. The normalized spacial score (nSPS) is 18.8. The molecule has 1 aromatic carbocycles. The zero-order chi connectivity index (χ0) is 11.5. The van der Waals surface area contributed by atoms with E-state index in [-0.39, 0.29) is 18.5 Å². The van der Waals surface area contributed by atoms with Gasteiger partial charge in [-0.3, -0.25) is 0 Å². The summed E-state index contributed by atoms with van der Waals surface area (Å²) in [5, 5.41) is 12.1. The second-order valence-electron chi connectivity index (χ2n) is 4.08. The summed E-state index contributed by atoms with van der Waals surface area (Å²) in [7, 11) is 0. The van der Waals surface area contributed by atoms with Gasteiger partial charge in [0, 0.05) is 17.1 Å². The molecule has 0 aromatic heterocycles. The van der Waals surface area contributed by atoms with E-state index in [2.05, 4.69) is 21.2 Å². The molecule has 0 aliphatic heterocycles. The quantitative estimate of drug-likeness (QED) is 0.835. The molecule has 0 saturated heterocycles. The van der Waals surface area contributed by atoms with Crippen molar-refractivity contribution >= 4 is 15.9 Å². The van der Waals surface area contributed by atoms with Gasteiger partial charge >= 0.3 is 0 Å². The predicted octanol–water partition coefficient (Wildman–Crippen LogP) is 2.55. The van der Waals surface area contributed by atoms with Crippen molar-refractivity contribution < 1.29 is 9.50 Å². The molecule has 2 N–H and O–H groups in total. The third-order valence-corrected chi connectivity index (χ3v) is 3.44. The SMILES string of the molecule is OCCCNC1CCc2c(F)cc(Br)cc21. The summed E-state index contributed by atoms with van der Waals surface area (Å²) in [6.45, 7) is 0.966. The summed E-state index contributed by atoms with van der Waals surface area (Å²) in [6, 6.07) is 3.74. The van der Waals surface area contributed by atoms with Crippen molar-refractivity contribution in [1.29, 1.82) is 0 Å². The molecule has 0 radical (unpaired) electrons. The number of nitrogens with one attached hydrogen (secondary N) is 1. The summed E-state index contributed by atoms with van der Waals surface area (Å²) in [6.07, 6.45) is 2.47. The van der Waals surface area contributed by atoms with Crippen molar-refractivity contribution in [2.75, 3.05) is 13.2 Å². The van der Waals surface area contributed by atoms with Crippen LogP contribution in [0.15, 0.2) is 16.6 Å². The highest BCUT2D eigenvalue weighted by molar-refractivity contribution is 9.10. The molecule has 1 aliphatic carbocycles. The van der Waals surface area contributed by atoms with Crippen molar-refractivity contribution in [2.24, 2.45) is 0 Å². The summed E-state index contributed by atoms with van der Waals surface area (Å²) in [5.74, 6) is -0.115. The number of hydrogen-bond donors (Lipinski definition) is 2. The highest BCUT2D eigenvalue weighted by atomic mass is 79.9. The Kier molecular flexibility index (Phi) is 3.95. The zero-order valence-corrected chi connectivity index (χ0v) is 10.6. The molecule has 2 nitrogen and oxygen atoms in total. The highest BCUT2D eigenvalue weighted by Crippen LogP contribution is 2.34. The lowest BCUT2D eigenvalue weighted by atomic mass is 10.1. The van der Waals surface area contributed by atoms with Crippen molar-refractivity contribution in [3.63, 3.8) is 0 Å². The van der Waals surface area contributed by atoms with Crippen LogP contribution in [0.3, 0.4) is 0 Å². The maximum absolute atomic E-state index is 13.6. The van der Waals surface area contributed by atoms with Gasteiger partial charge in [0.15, 0.2) is 0 Å². The average Bonchev–Trinajstić information content (AvgIpc) is 2.62. The lowest BCUT2D eigenvalue weighted by Crippen LogP contribution is -2.21. The minimum absolute atomic E-state index is 0.115. The van der Waals surface area contributed by atoms with Crippen molar-refractivity contribution in [1.82, 2.24) is 5.32 Å². The fourth-order valence-corrected chi connectivity index (χ4v) is 2.66. The van der Waals surface area contributed by atoms with Gasteiger partial charge in [0.2, 0.25) is 0 Å². The molecule has 16 heavy (non-hydrogen) atoms. The van der Waals surface area contributed by atoms with Crippen LogP contribution in [0.4, 0.5) is 4.39 Å². The van der Waals surface area contributed by atoms with E-state index in [1.165, 1.54) is 6.07 Å². The molecular weight excluding hydrogens is 273 g/mol. The Morgan fingerprint density at radius 1 is 1.50 bits per heavy atom. The number of halogens is 2. The highest BCUT2D eigenvalue weighted by Gasteiger charge is 2.24.